The average Bonchev–Trinajstić information content (AvgIpc) is 2.59. The maximum absolute atomic E-state index is 12.9. The molecule has 0 bridgehead atoms. The number of nitrogens with zero attached hydrogens (tertiary/aromatic N) is 1. The highest BCUT2D eigenvalue weighted by molar-refractivity contribution is 5.80. The van der Waals surface area contributed by atoms with Crippen LogP contribution in [0.3, 0.4) is 0 Å². The third-order valence-electron chi connectivity index (χ3n) is 2.50. The topological polar surface area (TPSA) is 30.9 Å². The van der Waals surface area contributed by atoms with E-state index in [1.807, 2.05) is 19.2 Å². The first-order valence-electron chi connectivity index (χ1n) is 4.68. The number of benzene rings is 1. The molecule has 0 aliphatic carbocycles. The maximum Gasteiger partial charge on any atom is 0.123 e. The molecule has 74 valence electrons. The fraction of sp³-hybridized carbons (Fsp3) is 0.273. The zero-order valence-electron chi connectivity index (χ0n) is 8.07. The maximum atomic E-state index is 12.9. The largest absolute Gasteiger partial charge is 0.343 e. The molecule has 0 amide bonds. The van der Waals surface area contributed by atoms with Crippen LogP contribution in [0.5, 0.6) is 0 Å². The Morgan fingerprint density at radius 2 is 2.21 bits per heavy atom. The lowest BCUT2D eigenvalue weighted by Gasteiger charge is -2.12. The third kappa shape index (κ3) is 1.40. The van der Waals surface area contributed by atoms with Crippen molar-refractivity contribution in [3.8, 4) is 0 Å². The van der Waals surface area contributed by atoms with Crippen LogP contribution >= 0.6 is 0 Å². The summed E-state index contributed by atoms with van der Waals surface area (Å²) < 4.78 is 15.0. The molecule has 3 heteroatoms. The van der Waals surface area contributed by atoms with Gasteiger partial charge >= 0.3 is 0 Å². The third-order valence-corrected chi connectivity index (χ3v) is 2.50. The molecule has 14 heavy (non-hydrogen) atoms. The second-order valence-electron chi connectivity index (χ2n) is 3.51. The van der Waals surface area contributed by atoms with Gasteiger partial charge in [-0.05, 0) is 31.2 Å². The Balaban J connectivity index is 2.58. The molecule has 1 heterocycles. The lowest BCUT2D eigenvalue weighted by atomic mass is 10.2. The summed E-state index contributed by atoms with van der Waals surface area (Å²) in [6, 6.07) is 6.95. The summed E-state index contributed by atoms with van der Waals surface area (Å²) in [5, 5.41) is 0.922. The monoisotopic (exact) mass is 192 g/mol. The van der Waals surface area contributed by atoms with E-state index in [1.54, 1.807) is 6.07 Å². The zero-order chi connectivity index (χ0) is 10.1. The SMILES string of the molecule is CC(CN)n1ccc2cc(F)ccc21. The van der Waals surface area contributed by atoms with Gasteiger partial charge in [-0.25, -0.2) is 4.39 Å². The Labute approximate surface area is 82.1 Å². The molecule has 1 atom stereocenters. The van der Waals surface area contributed by atoms with Crippen LogP contribution in [0.1, 0.15) is 13.0 Å². The number of rotatable bonds is 2. The molecule has 2 aromatic rings. The first-order valence-corrected chi connectivity index (χ1v) is 4.68. The number of aromatic nitrogens is 1. The van der Waals surface area contributed by atoms with Crippen LogP contribution in [0.2, 0.25) is 0 Å². The van der Waals surface area contributed by atoms with Crippen molar-refractivity contribution in [2.75, 3.05) is 6.54 Å². The summed E-state index contributed by atoms with van der Waals surface area (Å²) in [5.74, 6) is -0.198. The van der Waals surface area contributed by atoms with Crippen LogP contribution in [-0.2, 0) is 0 Å². The van der Waals surface area contributed by atoms with Crippen molar-refractivity contribution >= 4 is 10.9 Å². The highest BCUT2D eigenvalue weighted by Crippen LogP contribution is 2.20. The fourth-order valence-electron chi connectivity index (χ4n) is 1.63. The summed E-state index contributed by atoms with van der Waals surface area (Å²) in [4.78, 5) is 0. The molecule has 0 saturated carbocycles. The van der Waals surface area contributed by atoms with Gasteiger partial charge in [0.05, 0.1) is 0 Å². The Hall–Kier alpha value is -1.35. The van der Waals surface area contributed by atoms with Crippen LogP contribution in [0.4, 0.5) is 4.39 Å². The standard InChI is InChI=1S/C11H13FN2/c1-8(7-13)14-5-4-9-6-10(12)2-3-11(9)14/h2-6,8H,7,13H2,1H3. The summed E-state index contributed by atoms with van der Waals surface area (Å²) in [6.07, 6.45) is 1.95. The van der Waals surface area contributed by atoms with Crippen molar-refractivity contribution in [3.05, 3.63) is 36.3 Å². The quantitative estimate of drug-likeness (QED) is 0.777. The predicted octanol–water partition coefficient (Wildman–Crippen LogP) is 2.30. The van der Waals surface area contributed by atoms with E-state index in [4.69, 9.17) is 5.73 Å². The molecule has 2 N–H and O–H groups in total. The minimum absolute atomic E-state index is 0.198. The molecule has 0 spiro atoms. The van der Waals surface area contributed by atoms with Crippen LogP contribution in [-0.4, -0.2) is 11.1 Å². The second-order valence-corrected chi connectivity index (χ2v) is 3.51. The molecule has 1 aromatic carbocycles. The first kappa shape index (κ1) is 9.21. The lowest BCUT2D eigenvalue weighted by Crippen LogP contribution is -2.14. The minimum Gasteiger partial charge on any atom is -0.343 e. The second kappa shape index (κ2) is 3.42. The van der Waals surface area contributed by atoms with Gasteiger partial charge in [-0.2, -0.15) is 0 Å². The Bertz CT molecular complexity index is 447. The van der Waals surface area contributed by atoms with Crippen molar-refractivity contribution in [3.63, 3.8) is 0 Å². The number of halogens is 1. The van der Waals surface area contributed by atoms with Gasteiger partial charge in [0.15, 0.2) is 0 Å². The molecule has 0 fully saturated rings. The van der Waals surface area contributed by atoms with E-state index in [-0.39, 0.29) is 11.9 Å². The molecule has 1 aromatic heterocycles. The normalized spacial score (nSPS) is 13.4. The summed E-state index contributed by atoms with van der Waals surface area (Å²) in [6.45, 7) is 2.63. The molecule has 0 aliphatic rings. The average molecular weight is 192 g/mol. The fourth-order valence-corrected chi connectivity index (χ4v) is 1.63. The van der Waals surface area contributed by atoms with E-state index in [0.29, 0.717) is 6.54 Å². The number of fused-ring (bicyclic) bond motifs is 1. The zero-order valence-corrected chi connectivity index (χ0v) is 8.07. The lowest BCUT2D eigenvalue weighted by molar-refractivity contribution is 0.576. The molecule has 0 saturated heterocycles. The van der Waals surface area contributed by atoms with Crippen molar-refractivity contribution < 1.29 is 4.39 Å². The molecule has 0 radical (unpaired) electrons. The highest BCUT2D eigenvalue weighted by atomic mass is 19.1. The minimum atomic E-state index is -0.198. The number of hydrogen-bond acceptors (Lipinski definition) is 1. The van der Waals surface area contributed by atoms with Crippen molar-refractivity contribution in [1.82, 2.24) is 4.57 Å². The van der Waals surface area contributed by atoms with Gasteiger partial charge in [-0.1, -0.05) is 0 Å². The Kier molecular flexibility index (Phi) is 2.25. The molecule has 2 nitrogen and oxygen atoms in total. The van der Waals surface area contributed by atoms with E-state index < -0.39 is 0 Å². The molecular weight excluding hydrogens is 179 g/mol. The van der Waals surface area contributed by atoms with Crippen LogP contribution < -0.4 is 5.73 Å². The smallest absolute Gasteiger partial charge is 0.123 e. The van der Waals surface area contributed by atoms with Gasteiger partial charge in [0.1, 0.15) is 5.82 Å². The van der Waals surface area contributed by atoms with E-state index in [1.165, 1.54) is 12.1 Å². The Morgan fingerprint density at radius 1 is 1.43 bits per heavy atom. The molecular formula is C11H13FN2. The van der Waals surface area contributed by atoms with Gasteiger partial charge in [-0.15, -0.1) is 0 Å². The predicted molar refractivity (Wildman–Crippen MR) is 55.7 cm³/mol. The van der Waals surface area contributed by atoms with E-state index in [2.05, 4.69) is 4.57 Å². The summed E-state index contributed by atoms with van der Waals surface area (Å²) in [7, 11) is 0. The van der Waals surface area contributed by atoms with Crippen molar-refractivity contribution in [1.29, 1.82) is 0 Å². The van der Waals surface area contributed by atoms with E-state index >= 15 is 0 Å². The van der Waals surface area contributed by atoms with Gasteiger partial charge in [-0.3, -0.25) is 0 Å². The summed E-state index contributed by atoms with van der Waals surface area (Å²) in [5.41, 5.74) is 6.62. The van der Waals surface area contributed by atoms with Gasteiger partial charge in [0.2, 0.25) is 0 Å². The van der Waals surface area contributed by atoms with Gasteiger partial charge < -0.3 is 10.3 Å². The van der Waals surface area contributed by atoms with Crippen LogP contribution in [0.15, 0.2) is 30.5 Å². The Morgan fingerprint density at radius 3 is 2.93 bits per heavy atom. The molecule has 2 rings (SSSR count). The van der Waals surface area contributed by atoms with Crippen molar-refractivity contribution in [2.45, 2.75) is 13.0 Å². The van der Waals surface area contributed by atoms with Crippen LogP contribution in [0.25, 0.3) is 10.9 Å². The number of nitrogens with two attached hydrogens (primary N) is 1. The van der Waals surface area contributed by atoms with Crippen LogP contribution in [0, 0.1) is 5.82 Å². The number of hydrogen-bond donors (Lipinski definition) is 1. The molecule has 1 unspecified atom stereocenters. The van der Waals surface area contributed by atoms with Gasteiger partial charge in [0, 0.05) is 29.7 Å². The van der Waals surface area contributed by atoms with E-state index in [9.17, 15) is 4.39 Å². The first-order chi connectivity index (χ1) is 6.72. The molecule has 0 aliphatic heterocycles. The summed E-state index contributed by atoms with van der Waals surface area (Å²) >= 11 is 0. The van der Waals surface area contributed by atoms with Crippen molar-refractivity contribution in [2.24, 2.45) is 5.73 Å². The van der Waals surface area contributed by atoms with Gasteiger partial charge in [0.25, 0.3) is 0 Å². The van der Waals surface area contributed by atoms with E-state index in [0.717, 1.165) is 10.9 Å². The highest BCUT2D eigenvalue weighted by Gasteiger charge is 2.06.